The van der Waals surface area contributed by atoms with Crippen LogP contribution in [0.5, 0.6) is 11.5 Å². The normalized spacial score (nSPS) is 14.5. The zero-order chi connectivity index (χ0) is 79.2. The lowest BCUT2D eigenvalue weighted by atomic mass is 9.70. The average Bonchev–Trinajstić information content (AvgIpc) is 1.68. The first-order chi connectivity index (χ1) is 49.6. The Hall–Kier alpha value is -9.56. The Balaban J connectivity index is 0.000000170. The number of amides is 8. The van der Waals surface area contributed by atoms with Gasteiger partial charge in [-0.2, -0.15) is 0 Å². The number of imide groups is 4. The van der Waals surface area contributed by atoms with Crippen molar-refractivity contribution in [2.75, 3.05) is 39.7 Å². The highest BCUT2D eigenvalue weighted by molar-refractivity contribution is 9.11. The van der Waals surface area contributed by atoms with Gasteiger partial charge < -0.3 is 21.7 Å². The van der Waals surface area contributed by atoms with Gasteiger partial charge in [0.05, 0.1) is 50.2 Å². The van der Waals surface area contributed by atoms with E-state index in [1.165, 1.54) is 33.0 Å². The number of nitrogens with zero attached hydrogens (tertiary/aromatic N) is 9. The summed E-state index contributed by atoms with van der Waals surface area (Å²) >= 11 is 13.5. The van der Waals surface area contributed by atoms with Gasteiger partial charge in [0.2, 0.25) is 0 Å². The lowest BCUT2D eigenvalue weighted by molar-refractivity contribution is 0.0677. The fraction of sp³-hybridized carbons (Fsp3) is 0.317. The van der Waals surface area contributed by atoms with Crippen molar-refractivity contribution in [3.63, 3.8) is 0 Å². The van der Waals surface area contributed by atoms with Crippen LogP contribution in [0.15, 0.2) is 156 Å². The van der Waals surface area contributed by atoms with Gasteiger partial charge in [-0.15, -0.1) is 25.2 Å². The summed E-state index contributed by atoms with van der Waals surface area (Å²) in [4.78, 5) is 103. The predicted molar refractivity (Wildman–Crippen MR) is 429 cm³/mol. The first-order valence-electron chi connectivity index (χ1n) is 34.3. The number of carbonyl (C=O) groups excluding carboxylic acids is 8. The van der Waals surface area contributed by atoms with Crippen molar-refractivity contribution in [2.45, 2.75) is 131 Å². The van der Waals surface area contributed by atoms with Crippen LogP contribution in [0.3, 0.4) is 0 Å². The zero-order valence-corrected chi connectivity index (χ0v) is 69.2. The minimum atomic E-state index is -0.534. The number of carbonyl (C=O) groups is 8. The largest absolute Gasteiger partial charge is 0.505 e. The minimum absolute atomic E-state index is 0.0253. The van der Waals surface area contributed by atoms with E-state index in [1.54, 1.807) is 42.5 Å². The van der Waals surface area contributed by atoms with Crippen molar-refractivity contribution >= 4 is 145 Å². The number of phenolic OH excluding ortho intramolecular Hbond substituents is 2. The van der Waals surface area contributed by atoms with Crippen LogP contribution in [0.2, 0.25) is 0 Å². The van der Waals surface area contributed by atoms with Gasteiger partial charge >= 0.3 is 0 Å². The molecule has 0 unspecified atom stereocenters. The lowest BCUT2D eigenvalue weighted by Gasteiger charge is -2.35. The van der Waals surface area contributed by atoms with Crippen LogP contribution in [0.4, 0.5) is 22.7 Å². The number of aromatic nitrogens is 3. The SMILES string of the molecule is CN1C(=O)c2c(Br)cc(Br)c(N=Nc3cc(C(C)(C)CC(C)(C)C)cc(C(C)(C)c4ccccc4)c3O)c2C1=O.CN1C(=O)c2c(Br)cc3nn(-c4cc(C(C)(C)CC(C)(C)C)cc(C(C)(C)c5ccccc5)c4O)nc3c2C1=O.CN1C(=O)c2ccc(Br)c(N)c2C1=O.CN1C(=O)c2cccc(N)c2C1=O. The standard InChI is InChI=1S/C32H35Br2N3O3.C32H35BrN4O3.C9H7BrN2O2.C9H8N2O2/c1-30(2,3)17-31(4,5)19-14-20(32(6,7)18-12-10-9-11-13-18)27(38)23(15-19)35-36-26-22(34)16-21(33)24-25(26)29(40)37(8)28(24)39;1-30(2,3)17-31(4,5)19-14-20(32(6,7)18-12-10-9-11-13-18)27(38)23(15-19)37-34-22-16-21(33)24-25(26(22)35-37)29(40)36(8)28(24)39;1-12-8(13)4-2-3-5(10)7(11)6(4)9(12)14;1-11-8(12)5-3-2-4-6(10)7(5)9(11)13/h2*9-16,38H,17H2,1-8H3;2-3H,11H2,1H3;2-4H,10H2,1H3. The Kier molecular flexibility index (Phi) is 21.8. The van der Waals surface area contributed by atoms with E-state index in [9.17, 15) is 48.6 Å². The summed E-state index contributed by atoms with van der Waals surface area (Å²) in [5.41, 5.74) is 20.3. The Morgan fingerprint density at radius 2 is 0.832 bits per heavy atom. The molecule has 9 aromatic rings. The molecule has 21 nitrogen and oxygen atoms in total. The molecule has 0 saturated heterocycles. The Labute approximate surface area is 655 Å². The molecule has 5 heterocycles. The van der Waals surface area contributed by atoms with Crippen molar-refractivity contribution < 1.29 is 48.6 Å². The molecule has 13 rings (SSSR count). The minimum Gasteiger partial charge on any atom is -0.505 e. The third-order valence-electron chi connectivity index (χ3n) is 19.8. The molecule has 0 bridgehead atoms. The molecule has 1 aromatic heterocycles. The Bertz CT molecular complexity index is 5270. The summed E-state index contributed by atoms with van der Waals surface area (Å²) in [5, 5.41) is 41.8. The third kappa shape index (κ3) is 15.1. The molecule has 0 spiro atoms. The summed E-state index contributed by atoms with van der Waals surface area (Å²) in [7, 11) is 5.79. The molecule has 0 saturated carbocycles. The van der Waals surface area contributed by atoms with E-state index in [2.05, 4.69) is 207 Å². The average molecular weight is 1700 g/mol. The Morgan fingerprint density at radius 1 is 0.402 bits per heavy atom. The fourth-order valence-corrected chi connectivity index (χ4v) is 16.9. The number of halogens is 4. The predicted octanol–water partition coefficient (Wildman–Crippen LogP) is 18.5. The summed E-state index contributed by atoms with van der Waals surface area (Å²) < 4.78 is 2.12. The zero-order valence-electron chi connectivity index (χ0n) is 62.9. The number of phenols is 2. The van der Waals surface area contributed by atoms with Crippen molar-refractivity contribution in [1.29, 1.82) is 0 Å². The maximum atomic E-state index is 13.0. The molecule has 0 fully saturated rings. The number of hydrogen-bond donors (Lipinski definition) is 4. The highest BCUT2D eigenvalue weighted by atomic mass is 79.9. The van der Waals surface area contributed by atoms with E-state index < -0.39 is 28.6 Å². The lowest BCUT2D eigenvalue weighted by Crippen LogP contribution is -2.27. The number of hydrogen-bond acceptors (Lipinski definition) is 16. The van der Waals surface area contributed by atoms with Crippen LogP contribution in [-0.2, 0) is 21.7 Å². The molecule has 8 amide bonds. The van der Waals surface area contributed by atoms with Crippen LogP contribution in [0, 0.1) is 10.8 Å². The molecule has 107 heavy (non-hydrogen) atoms. The monoisotopic (exact) mass is 1700 g/mol. The first kappa shape index (κ1) is 80.0. The molecule has 0 radical (unpaired) electrons. The Morgan fingerprint density at radius 3 is 1.34 bits per heavy atom. The van der Waals surface area contributed by atoms with E-state index in [0.29, 0.717) is 73.9 Å². The summed E-state index contributed by atoms with van der Waals surface area (Å²) in [6, 6.07) is 39.7. The molecular weight excluding hydrogens is 1620 g/mol. The van der Waals surface area contributed by atoms with Crippen molar-refractivity contribution in [3.05, 3.63) is 223 Å². The van der Waals surface area contributed by atoms with E-state index >= 15 is 0 Å². The molecule has 0 aliphatic carbocycles. The van der Waals surface area contributed by atoms with Gasteiger partial charge in [-0.25, -0.2) is 0 Å². The maximum Gasteiger partial charge on any atom is 0.263 e. The highest BCUT2D eigenvalue weighted by Crippen LogP contribution is 2.50. The van der Waals surface area contributed by atoms with Crippen LogP contribution < -0.4 is 11.5 Å². The van der Waals surface area contributed by atoms with Gasteiger partial charge in [0.25, 0.3) is 47.3 Å². The summed E-state index contributed by atoms with van der Waals surface area (Å²) in [5.74, 6) is -2.82. The van der Waals surface area contributed by atoms with Crippen molar-refractivity contribution in [3.8, 4) is 17.2 Å². The second-order valence-corrected chi connectivity index (χ2v) is 35.4. The molecular formula is C82H85Br4N11O10. The number of fused-ring (bicyclic) bond motifs is 6. The molecule has 556 valence electrons. The molecule has 6 N–H and O–H groups in total. The van der Waals surface area contributed by atoms with Gasteiger partial charge in [-0.05, 0) is 169 Å². The van der Waals surface area contributed by atoms with Gasteiger partial charge in [0.1, 0.15) is 39.6 Å². The molecule has 4 aliphatic heterocycles. The molecule has 8 aromatic carbocycles. The van der Waals surface area contributed by atoms with E-state index in [1.807, 2.05) is 48.5 Å². The van der Waals surface area contributed by atoms with Crippen molar-refractivity contribution in [2.24, 2.45) is 21.1 Å². The second-order valence-electron chi connectivity index (χ2n) is 31.9. The summed E-state index contributed by atoms with van der Waals surface area (Å²) in [6.07, 6.45) is 1.81. The van der Waals surface area contributed by atoms with E-state index in [0.717, 1.165) is 65.8 Å². The third-order valence-corrected chi connectivity index (χ3v) is 22.3. The van der Waals surface area contributed by atoms with E-state index in [4.69, 9.17) is 21.7 Å². The smallest absolute Gasteiger partial charge is 0.263 e. The van der Waals surface area contributed by atoms with Gasteiger partial charge in [-0.1, -0.05) is 176 Å². The summed E-state index contributed by atoms with van der Waals surface area (Å²) in [6.45, 7) is 30.5. The van der Waals surface area contributed by atoms with Crippen LogP contribution in [0.25, 0.3) is 16.7 Å². The van der Waals surface area contributed by atoms with Gasteiger partial charge in [-0.3, -0.25) is 58.0 Å². The quantitative estimate of drug-likeness (QED) is 0.0532. The highest BCUT2D eigenvalue weighted by Gasteiger charge is 2.43. The van der Waals surface area contributed by atoms with Gasteiger partial charge in [0, 0.05) is 73.7 Å². The second kappa shape index (κ2) is 29.2. The molecule has 0 atom stereocenters. The van der Waals surface area contributed by atoms with Crippen LogP contribution in [0.1, 0.15) is 226 Å². The topological polar surface area (TPSA) is 297 Å². The number of rotatable bonds is 11. The maximum absolute atomic E-state index is 13.0. The van der Waals surface area contributed by atoms with Gasteiger partial charge in [0.15, 0.2) is 0 Å². The number of nitrogen functional groups attached to an aromatic ring is 2. The first-order valence-corrected chi connectivity index (χ1v) is 37.5. The number of anilines is 2. The van der Waals surface area contributed by atoms with Crippen LogP contribution >= 0.6 is 63.7 Å². The number of nitrogens with two attached hydrogens (primary N) is 2. The van der Waals surface area contributed by atoms with Crippen LogP contribution in [-0.4, -0.2) is 120 Å². The number of aromatic hydroxyl groups is 2. The molecule has 25 heteroatoms. The number of benzene rings is 8. The number of azo groups is 1. The molecule has 4 aliphatic rings. The van der Waals surface area contributed by atoms with E-state index in [-0.39, 0.29) is 90.6 Å². The van der Waals surface area contributed by atoms with Crippen molar-refractivity contribution in [1.82, 2.24) is 34.6 Å². The fourth-order valence-electron chi connectivity index (χ4n) is 14.6.